The molecular weight excluding hydrogens is 455 g/mol. The molecular formula is C25H27FN4O5. The first-order valence-electron chi connectivity index (χ1n) is 11.8. The number of pyridine rings is 1. The molecule has 2 N–H and O–H groups in total. The number of aliphatic hydroxyl groups is 1. The average molecular weight is 483 g/mol. The number of aliphatic hydroxyl groups excluding tert-OH is 1. The molecule has 2 unspecified atom stereocenters. The third kappa shape index (κ3) is 3.27. The second kappa shape index (κ2) is 7.46. The Morgan fingerprint density at radius 2 is 2.09 bits per heavy atom. The number of aromatic nitrogens is 1. The summed E-state index contributed by atoms with van der Waals surface area (Å²) in [5, 5.41) is 13.9. The second-order valence-electron chi connectivity index (χ2n) is 10.3. The van der Waals surface area contributed by atoms with Crippen molar-refractivity contribution in [2.75, 3.05) is 19.0 Å². The molecule has 1 aliphatic carbocycles. The van der Waals surface area contributed by atoms with Crippen LogP contribution in [0, 0.1) is 5.82 Å². The van der Waals surface area contributed by atoms with Crippen molar-refractivity contribution in [2.45, 2.75) is 62.9 Å². The summed E-state index contributed by atoms with van der Waals surface area (Å²) in [4.78, 5) is 38.4. The van der Waals surface area contributed by atoms with Crippen molar-refractivity contribution in [1.82, 2.24) is 14.9 Å². The summed E-state index contributed by atoms with van der Waals surface area (Å²) in [5.74, 6) is -0.769. The van der Waals surface area contributed by atoms with Crippen LogP contribution in [0.15, 0.2) is 24.3 Å². The number of anilines is 1. The standard InChI is InChI=1S/C25H27FN4O5/c1-24(2)8-6-13-10-14(11-16(26)20(13)24)27-22(32)21-15-4-5-18(34-3)28-17(15)7-9-29(21)23(33)25-12-19(31)30(25)35-25/h4-5,10-11,19,21,31H,6-9,12H2,1-3H3,(H,27,32)/t19?,21-,25?,30+/m0/s1. The van der Waals surface area contributed by atoms with Gasteiger partial charge in [-0.1, -0.05) is 13.8 Å². The van der Waals surface area contributed by atoms with Gasteiger partial charge in [-0.15, -0.1) is 5.06 Å². The van der Waals surface area contributed by atoms with Crippen molar-refractivity contribution < 1.29 is 28.7 Å². The Bertz CT molecular complexity index is 1270. The molecule has 0 bridgehead atoms. The van der Waals surface area contributed by atoms with Crippen molar-refractivity contribution in [3.63, 3.8) is 0 Å². The number of carbonyl (C=O) groups is 2. The molecule has 4 atom stereocenters. The average Bonchev–Trinajstić information content (AvgIpc) is 3.34. The maximum atomic E-state index is 15.0. The number of amides is 2. The highest BCUT2D eigenvalue weighted by atomic mass is 19.1. The summed E-state index contributed by atoms with van der Waals surface area (Å²) >= 11 is 0. The fourth-order valence-corrected chi connectivity index (χ4v) is 5.79. The van der Waals surface area contributed by atoms with Crippen LogP contribution in [-0.2, 0) is 32.7 Å². The molecule has 2 fully saturated rings. The van der Waals surface area contributed by atoms with Crippen molar-refractivity contribution in [3.8, 4) is 5.88 Å². The van der Waals surface area contributed by atoms with Gasteiger partial charge in [-0.05, 0) is 47.6 Å². The highest BCUT2D eigenvalue weighted by Gasteiger charge is 2.75. The van der Waals surface area contributed by atoms with E-state index in [4.69, 9.17) is 9.57 Å². The second-order valence-corrected chi connectivity index (χ2v) is 10.3. The zero-order valence-corrected chi connectivity index (χ0v) is 19.8. The molecule has 35 heavy (non-hydrogen) atoms. The molecule has 4 heterocycles. The van der Waals surface area contributed by atoms with E-state index in [1.807, 2.05) is 19.9 Å². The molecule has 10 heteroatoms. The minimum Gasteiger partial charge on any atom is -0.481 e. The number of methoxy groups -OCH3 is 1. The van der Waals surface area contributed by atoms with Crippen LogP contribution in [0.2, 0.25) is 0 Å². The number of benzene rings is 1. The van der Waals surface area contributed by atoms with Crippen LogP contribution in [0.25, 0.3) is 0 Å². The Morgan fingerprint density at radius 3 is 2.77 bits per heavy atom. The van der Waals surface area contributed by atoms with E-state index >= 15 is 4.39 Å². The van der Waals surface area contributed by atoms with Gasteiger partial charge in [-0.3, -0.25) is 14.4 Å². The van der Waals surface area contributed by atoms with Crippen LogP contribution < -0.4 is 10.1 Å². The summed E-state index contributed by atoms with van der Waals surface area (Å²) in [7, 11) is 1.52. The molecule has 2 amide bonds. The Morgan fingerprint density at radius 1 is 1.29 bits per heavy atom. The number of ether oxygens (including phenoxy) is 1. The molecule has 0 saturated carbocycles. The zero-order chi connectivity index (χ0) is 24.7. The van der Waals surface area contributed by atoms with E-state index in [0.717, 1.165) is 18.4 Å². The van der Waals surface area contributed by atoms with Crippen molar-refractivity contribution in [3.05, 3.63) is 52.5 Å². The van der Waals surface area contributed by atoms with E-state index in [1.165, 1.54) is 23.1 Å². The molecule has 3 aliphatic heterocycles. The number of aryl methyl sites for hydroxylation is 1. The molecule has 0 radical (unpaired) electrons. The fraction of sp³-hybridized carbons (Fsp3) is 0.480. The predicted molar refractivity (Wildman–Crippen MR) is 122 cm³/mol. The third-order valence-corrected chi connectivity index (χ3v) is 7.67. The number of hydroxylamine groups is 2. The summed E-state index contributed by atoms with van der Waals surface area (Å²) in [6, 6.07) is 5.56. The summed E-state index contributed by atoms with van der Waals surface area (Å²) in [6.45, 7) is 4.28. The third-order valence-electron chi connectivity index (χ3n) is 7.67. The lowest BCUT2D eigenvalue weighted by Crippen LogP contribution is -2.57. The largest absolute Gasteiger partial charge is 0.481 e. The van der Waals surface area contributed by atoms with Gasteiger partial charge in [0, 0.05) is 36.7 Å². The first kappa shape index (κ1) is 22.4. The number of rotatable bonds is 4. The van der Waals surface area contributed by atoms with Gasteiger partial charge < -0.3 is 20.1 Å². The van der Waals surface area contributed by atoms with E-state index in [0.29, 0.717) is 34.8 Å². The number of fused-ring (bicyclic) bond motifs is 3. The number of nitrogens with zero attached hydrogens (tertiary/aromatic N) is 3. The Kier molecular flexibility index (Phi) is 4.77. The first-order valence-corrected chi connectivity index (χ1v) is 11.8. The van der Waals surface area contributed by atoms with Gasteiger partial charge in [-0.25, -0.2) is 9.37 Å². The molecule has 184 valence electrons. The van der Waals surface area contributed by atoms with Gasteiger partial charge in [-0.2, -0.15) is 0 Å². The molecule has 6 rings (SSSR count). The Hall–Kier alpha value is -3.08. The topological polar surface area (TPSA) is 107 Å². The molecule has 0 spiro atoms. The number of hydrogen-bond acceptors (Lipinski definition) is 7. The molecule has 4 aliphatic rings. The summed E-state index contributed by atoms with van der Waals surface area (Å²) in [6.07, 6.45) is 1.33. The van der Waals surface area contributed by atoms with Gasteiger partial charge in [0.05, 0.1) is 12.8 Å². The molecule has 1 aromatic carbocycles. The number of nitrogens with one attached hydrogen (secondary N) is 1. The SMILES string of the molecule is COc1ccc2c(n1)CCN(C(=O)C13CC(O)[N@@]1O3)[C@@H]2C(=O)Nc1cc(F)c2c(c1)CCC2(C)C. The lowest BCUT2D eigenvalue weighted by atomic mass is 9.86. The summed E-state index contributed by atoms with van der Waals surface area (Å²) in [5.41, 5.74) is 1.72. The molecule has 2 aromatic rings. The Labute approximate surface area is 201 Å². The van der Waals surface area contributed by atoms with E-state index in [-0.39, 0.29) is 30.1 Å². The molecule has 9 nitrogen and oxygen atoms in total. The van der Waals surface area contributed by atoms with Crippen LogP contribution in [0.5, 0.6) is 5.88 Å². The minimum atomic E-state index is -1.21. The van der Waals surface area contributed by atoms with E-state index in [9.17, 15) is 14.7 Å². The smallest absolute Gasteiger partial charge is 0.275 e. The monoisotopic (exact) mass is 482 g/mol. The molecule has 2 saturated heterocycles. The maximum absolute atomic E-state index is 15.0. The van der Waals surface area contributed by atoms with Crippen molar-refractivity contribution in [1.29, 1.82) is 0 Å². The Balaban J connectivity index is 1.33. The predicted octanol–water partition coefficient (Wildman–Crippen LogP) is 2.18. The van der Waals surface area contributed by atoms with E-state index < -0.39 is 23.9 Å². The van der Waals surface area contributed by atoms with Gasteiger partial charge in [0.2, 0.25) is 11.6 Å². The van der Waals surface area contributed by atoms with Crippen LogP contribution in [0.4, 0.5) is 10.1 Å². The van der Waals surface area contributed by atoms with Crippen LogP contribution in [0.1, 0.15) is 55.1 Å². The van der Waals surface area contributed by atoms with Gasteiger partial charge in [0.1, 0.15) is 18.1 Å². The van der Waals surface area contributed by atoms with Crippen LogP contribution in [-0.4, -0.2) is 57.5 Å². The van der Waals surface area contributed by atoms with Crippen LogP contribution in [0.3, 0.4) is 0 Å². The zero-order valence-electron chi connectivity index (χ0n) is 19.8. The van der Waals surface area contributed by atoms with Gasteiger partial charge >= 0.3 is 0 Å². The lowest BCUT2D eigenvalue weighted by Gasteiger charge is -2.38. The first-order chi connectivity index (χ1) is 16.6. The highest BCUT2D eigenvalue weighted by molar-refractivity contribution is 6.00. The van der Waals surface area contributed by atoms with E-state index in [1.54, 1.807) is 12.1 Å². The number of halogens is 1. The summed E-state index contributed by atoms with van der Waals surface area (Å²) < 4.78 is 20.3. The lowest BCUT2D eigenvalue weighted by molar-refractivity contribution is -0.151. The van der Waals surface area contributed by atoms with E-state index in [2.05, 4.69) is 10.3 Å². The van der Waals surface area contributed by atoms with Gasteiger partial charge in [0.25, 0.3) is 11.8 Å². The van der Waals surface area contributed by atoms with Gasteiger partial charge in [0.15, 0.2) is 0 Å². The normalized spacial score (nSPS) is 29.4. The number of carbonyl (C=O) groups excluding carboxylic acids is 2. The minimum absolute atomic E-state index is 0.149. The van der Waals surface area contributed by atoms with Crippen molar-refractivity contribution >= 4 is 17.5 Å². The fourth-order valence-electron chi connectivity index (χ4n) is 5.79. The van der Waals surface area contributed by atoms with Crippen LogP contribution >= 0.6 is 0 Å². The molecule has 1 aromatic heterocycles. The highest BCUT2D eigenvalue weighted by Crippen LogP contribution is 2.53. The maximum Gasteiger partial charge on any atom is 0.275 e. The quantitative estimate of drug-likeness (QED) is 0.644. The number of hydrogen-bond donors (Lipinski definition) is 2. The van der Waals surface area contributed by atoms with Crippen molar-refractivity contribution in [2.24, 2.45) is 0 Å².